The predicted molar refractivity (Wildman–Crippen MR) is 49.9 cm³/mol. The molecule has 1 aromatic heterocycles. The number of fused-ring (bicyclic) bond motifs is 3. The number of aliphatic hydroxyl groups excluding tert-OH is 2. The minimum atomic E-state index is -0.924. The maximum Gasteiger partial charge on any atom is 0.302 e. The molecule has 1 saturated heterocycles. The predicted octanol–water partition coefficient (Wildman–Crippen LogP) is -1.75. The number of rotatable bonds is 1. The van der Waals surface area contributed by atoms with Crippen LogP contribution < -0.4 is 10.3 Å². The van der Waals surface area contributed by atoms with Crippen molar-refractivity contribution in [3.63, 3.8) is 0 Å². The van der Waals surface area contributed by atoms with Gasteiger partial charge in [0.05, 0.1) is 6.61 Å². The van der Waals surface area contributed by atoms with E-state index in [1.54, 1.807) is 0 Å². The molecule has 0 spiro atoms. The fourth-order valence-electron chi connectivity index (χ4n) is 2.02. The highest BCUT2D eigenvalue weighted by atomic mass is 16.6. The van der Waals surface area contributed by atoms with Gasteiger partial charge in [0.2, 0.25) is 0 Å². The maximum absolute atomic E-state index is 11.0. The smallest absolute Gasteiger partial charge is 0.302 e. The Bertz CT molecular complexity index is 473. The van der Waals surface area contributed by atoms with E-state index in [4.69, 9.17) is 14.6 Å². The summed E-state index contributed by atoms with van der Waals surface area (Å²) in [5.74, 6) is 0. The highest BCUT2D eigenvalue weighted by Gasteiger charge is 2.50. The highest BCUT2D eigenvalue weighted by molar-refractivity contribution is 5.10. The van der Waals surface area contributed by atoms with Crippen LogP contribution in [0.2, 0.25) is 0 Å². The van der Waals surface area contributed by atoms with Crippen LogP contribution in [0.15, 0.2) is 17.1 Å². The summed E-state index contributed by atoms with van der Waals surface area (Å²) in [6.07, 6.45) is -1.24. The molecule has 16 heavy (non-hydrogen) atoms. The lowest BCUT2D eigenvalue weighted by Crippen LogP contribution is -2.34. The monoisotopic (exact) mass is 226 g/mol. The summed E-state index contributed by atoms with van der Waals surface area (Å²) in [7, 11) is 0. The number of hydrogen-bond acceptors (Lipinski definition) is 6. The van der Waals surface area contributed by atoms with Crippen LogP contribution in [0.5, 0.6) is 6.01 Å². The van der Waals surface area contributed by atoms with Crippen molar-refractivity contribution in [3.05, 3.63) is 22.6 Å². The molecule has 86 valence electrons. The van der Waals surface area contributed by atoms with Gasteiger partial charge in [-0.15, -0.1) is 0 Å². The number of ether oxygens (including phenoxy) is 2. The zero-order chi connectivity index (χ0) is 11.3. The quantitative estimate of drug-likeness (QED) is 0.590. The molecule has 2 aliphatic heterocycles. The van der Waals surface area contributed by atoms with Crippen molar-refractivity contribution in [2.45, 2.75) is 24.5 Å². The summed E-state index contributed by atoms with van der Waals surface area (Å²) in [5, 5.41) is 18.7. The second-order valence-corrected chi connectivity index (χ2v) is 3.78. The van der Waals surface area contributed by atoms with E-state index in [0.717, 1.165) is 0 Å². The first-order valence-corrected chi connectivity index (χ1v) is 4.91. The first-order valence-electron chi connectivity index (χ1n) is 4.91. The Morgan fingerprint density at radius 1 is 1.56 bits per heavy atom. The van der Waals surface area contributed by atoms with Crippen molar-refractivity contribution in [1.82, 2.24) is 9.55 Å². The highest BCUT2D eigenvalue weighted by Crippen LogP contribution is 2.38. The van der Waals surface area contributed by atoms with Crippen LogP contribution in [-0.4, -0.2) is 44.7 Å². The molecular weight excluding hydrogens is 216 g/mol. The Morgan fingerprint density at radius 3 is 3.12 bits per heavy atom. The summed E-state index contributed by atoms with van der Waals surface area (Å²) in [6.45, 7) is -0.277. The van der Waals surface area contributed by atoms with Gasteiger partial charge in [0.1, 0.15) is 12.2 Å². The van der Waals surface area contributed by atoms with Crippen LogP contribution in [0.3, 0.4) is 0 Å². The number of hydrogen-bond donors (Lipinski definition) is 2. The molecule has 1 fully saturated rings. The van der Waals surface area contributed by atoms with Gasteiger partial charge < -0.3 is 19.7 Å². The molecule has 0 amide bonds. The minimum Gasteiger partial charge on any atom is -0.453 e. The molecule has 0 aromatic carbocycles. The summed E-state index contributed by atoms with van der Waals surface area (Å²) < 4.78 is 12.3. The Balaban J connectivity index is 1.99. The van der Waals surface area contributed by atoms with E-state index in [1.807, 2.05) is 0 Å². The first kappa shape index (κ1) is 9.76. The first-order chi connectivity index (χ1) is 7.70. The minimum absolute atomic E-state index is 0.137. The van der Waals surface area contributed by atoms with Crippen LogP contribution in [0.4, 0.5) is 0 Å². The fourth-order valence-corrected chi connectivity index (χ4v) is 2.02. The molecule has 7 nitrogen and oxygen atoms in total. The van der Waals surface area contributed by atoms with E-state index in [2.05, 4.69) is 4.98 Å². The van der Waals surface area contributed by atoms with E-state index in [1.165, 1.54) is 16.8 Å². The van der Waals surface area contributed by atoms with E-state index >= 15 is 0 Å². The van der Waals surface area contributed by atoms with Gasteiger partial charge in [-0.25, -0.2) is 0 Å². The van der Waals surface area contributed by atoms with Crippen molar-refractivity contribution in [2.24, 2.45) is 0 Å². The van der Waals surface area contributed by atoms with Gasteiger partial charge in [-0.2, -0.15) is 4.98 Å². The van der Waals surface area contributed by atoms with Crippen LogP contribution in [-0.2, 0) is 4.74 Å². The molecule has 2 N–H and O–H groups in total. The molecule has 0 radical (unpaired) electrons. The summed E-state index contributed by atoms with van der Waals surface area (Å²) in [6, 6.07) is 1.43. The molecule has 7 heteroatoms. The largest absolute Gasteiger partial charge is 0.453 e. The van der Waals surface area contributed by atoms with Gasteiger partial charge in [0.15, 0.2) is 12.3 Å². The average molecular weight is 226 g/mol. The lowest BCUT2D eigenvalue weighted by Gasteiger charge is -2.13. The lowest BCUT2D eigenvalue weighted by atomic mass is 10.1. The van der Waals surface area contributed by atoms with E-state index in [0.29, 0.717) is 0 Å². The molecule has 0 saturated carbocycles. The van der Waals surface area contributed by atoms with Crippen LogP contribution in [0, 0.1) is 0 Å². The number of aliphatic hydroxyl groups is 2. The van der Waals surface area contributed by atoms with Crippen LogP contribution >= 0.6 is 0 Å². The van der Waals surface area contributed by atoms with Crippen molar-refractivity contribution in [1.29, 1.82) is 0 Å². The van der Waals surface area contributed by atoms with Gasteiger partial charge in [-0.3, -0.25) is 9.36 Å². The van der Waals surface area contributed by atoms with E-state index in [9.17, 15) is 9.90 Å². The van der Waals surface area contributed by atoms with Crippen molar-refractivity contribution in [2.75, 3.05) is 6.61 Å². The maximum atomic E-state index is 11.0. The Labute approximate surface area is 89.9 Å². The zero-order valence-corrected chi connectivity index (χ0v) is 8.18. The number of nitrogens with zero attached hydrogens (tertiary/aromatic N) is 2. The molecule has 3 rings (SSSR count). The molecule has 0 bridgehead atoms. The third-order valence-electron chi connectivity index (χ3n) is 2.81. The summed E-state index contributed by atoms with van der Waals surface area (Å²) in [5.41, 5.74) is -0.403. The van der Waals surface area contributed by atoms with Crippen LogP contribution in [0.25, 0.3) is 0 Å². The van der Waals surface area contributed by atoms with Gasteiger partial charge in [0.25, 0.3) is 5.56 Å². The third-order valence-corrected chi connectivity index (χ3v) is 2.81. The Kier molecular flexibility index (Phi) is 2.00. The normalized spacial score (nSPS) is 35.6. The summed E-state index contributed by atoms with van der Waals surface area (Å²) in [4.78, 5) is 14.7. The van der Waals surface area contributed by atoms with Gasteiger partial charge >= 0.3 is 6.01 Å². The van der Waals surface area contributed by atoms with Crippen molar-refractivity contribution in [3.8, 4) is 6.01 Å². The fraction of sp³-hybridized carbons (Fsp3) is 0.556. The van der Waals surface area contributed by atoms with Crippen molar-refractivity contribution < 1.29 is 19.7 Å². The van der Waals surface area contributed by atoms with Gasteiger partial charge in [-0.1, -0.05) is 0 Å². The molecule has 0 unspecified atom stereocenters. The molecule has 4 atom stereocenters. The molecule has 1 aromatic rings. The topological polar surface area (TPSA) is 93.8 Å². The molecule has 3 heterocycles. The Hall–Kier alpha value is -1.44. The van der Waals surface area contributed by atoms with Crippen molar-refractivity contribution >= 4 is 0 Å². The lowest BCUT2D eigenvalue weighted by molar-refractivity contribution is -0.0434. The Morgan fingerprint density at radius 2 is 2.38 bits per heavy atom. The molecular formula is C9H10N2O5. The molecule has 2 aliphatic rings. The third kappa shape index (κ3) is 1.19. The van der Waals surface area contributed by atoms with Gasteiger partial charge in [0, 0.05) is 12.3 Å². The van der Waals surface area contributed by atoms with E-state index < -0.39 is 30.1 Å². The molecule has 0 aliphatic carbocycles. The second-order valence-electron chi connectivity index (χ2n) is 3.78. The second kappa shape index (κ2) is 3.27. The SMILES string of the molecule is O=c1ccn2c(n1)O[C@@H]1[C@@H](O)[C@@H](CO)O[C@H]12. The zero-order valence-electron chi connectivity index (χ0n) is 8.18. The number of aromatic nitrogens is 2. The average Bonchev–Trinajstić information content (AvgIpc) is 2.75. The standard InChI is InChI=1S/C9H10N2O5/c12-3-4-6(14)7-8(15-4)11-2-1-5(13)10-9(11)16-7/h1-2,4,6-8,12,14H,3H2/t4-,6+,7-,8-/m1/s1. The van der Waals surface area contributed by atoms with E-state index in [-0.39, 0.29) is 12.6 Å². The van der Waals surface area contributed by atoms with Crippen LogP contribution in [0.1, 0.15) is 6.23 Å². The summed E-state index contributed by atoms with van der Waals surface area (Å²) >= 11 is 0. The van der Waals surface area contributed by atoms with Gasteiger partial charge in [-0.05, 0) is 0 Å².